The molecular formula is C30H47N5O6. The fourth-order valence-corrected chi connectivity index (χ4v) is 6.48. The van der Waals surface area contributed by atoms with E-state index in [9.17, 15) is 28.8 Å². The Morgan fingerprint density at radius 3 is 2.05 bits per heavy atom. The number of primary amides is 1. The summed E-state index contributed by atoms with van der Waals surface area (Å²) in [4.78, 5) is 79.5. The van der Waals surface area contributed by atoms with Crippen LogP contribution in [-0.4, -0.2) is 70.9 Å². The SMILES string of the molecule is CC(C)[C@H](NC(=O)N[C@H](C(=O)N1C[C@H]2C([C@H]1C(=O)NC(CC1CC1)C(=O)C(N)=O)C2(C)C)C(C)(C)C)C(=O)C1CC1. The predicted molar refractivity (Wildman–Crippen MR) is 151 cm³/mol. The van der Waals surface area contributed by atoms with Gasteiger partial charge in [-0.2, -0.15) is 0 Å². The summed E-state index contributed by atoms with van der Waals surface area (Å²) in [6.07, 6.45) is 3.86. The first-order chi connectivity index (χ1) is 18.9. The molecule has 4 rings (SSSR count). The number of carbonyl (C=O) groups excluding carboxylic acids is 6. The Morgan fingerprint density at radius 1 is 0.951 bits per heavy atom. The summed E-state index contributed by atoms with van der Waals surface area (Å²) in [6, 6.07) is -4.10. The normalized spacial score (nSPS) is 26.8. The average molecular weight is 574 g/mol. The molecule has 0 aromatic rings. The lowest BCUT2D eigenvalue weighted by molar-refractivity contribution is -0.145. The number of nitrogens with zero attached hydrogens (tertiary/aromatic N) is 1. The molecule has 0 radical (unpaired) electrons. The van der Waals surface area contributed by atoms with E-state index in [1.54, 1.807) is 0 Å². The molecule has 5 amide bonds. The van der Waals surface area contributed by atoms with Crippen LogP contribution in [0.3, 0.4) is 0 Å². The number of carbonyl (C=O) groups is 6. The molecule has 1 heterocycles. The van der Waals surface area contributed by atoms with Gasteiger partial charge in [0.15, 0.2) is 5.78 Å². The van der Waals surface area contributed by atoms with E-state index in [1.165, 1.54) is 4.90 Å². The van der Waals surface area contributed by atoms with Crippen molar-refractivity contribution >= 4 is 35.3 Å². The molecule has 0 aromatic carbocycles. The molecule has 11 nitrogen and oxygen atoms in total. The van der Waals surface area contributed by atoms with E-state index in [2.05, 4.69) is 29.8 Å². The zero-order chi connectivity index (χ0) is 30.6. The van der Waals surface area contributed by atoms with Crippen LogP contribution in [0.5, 0.6) is 0 Å². The quantitative estimate of drug-likeness (QED) is 0.258. The van der Waals surface area contributed by atoms with Crippen molar-refractivity contribution in [2.75, 3.05) is 6.54 Å². The minimum absolute atomic E-state index is 0.0126. The molecule has 0 bridgehead atoms. The third-order valence-corrected chi connectivity index (χ3v) is 9.53. The highest BCUT2D eigenvalue weighted by molar-refractivity contribution is 6.37. The molecule has 1 aliphatic heterocycles. The van der Waals surface area contributed by atoms with E-state index < -0.39 is 59.1 Å². The molecule has 0 aromatic heterocycles. The van der Waals surface area contributed by atoms with Gasteiger partial charge in [-0.1, -0.05) is 61.3 Å². The number of urea groups is 1. The average Bonchev–Trinajstić information content (AvgIpc) is 3.80. The second-order valence-corrected chi connectivity index (χ2v) is 14.7. The number of piperidine rings is 1. The number of amides is 5. The Bertz CT molecular complexity index is 1120. The van der Waals surface area contributed by atoms with Crippen molar-refractivity contribution in [3.8, 4) is 0 Å². The van der Waals surface area contributed by atoms with Gasteiger partial charge in [-0.3, -0.25) is 24.0 Å². The van der Waals surface area contributed by atoms with Crippen molar-refractivity contribution in [2.24, 2.45) is 46.2 Å². The Balaban J connectivity index is 1.52. The summed E-state index contributed by atoms with van der Waals surface area (Å²) in [6.45, 7) is 13.7. The smallest absolute Gasteiger partial charge is 0.316 e. The second-order valence-electron chi connectivity index (χ2n) is 14.7. The Labute approximate surface area is 242 Å². The summed E-state index contributed by atoms with van der Waals surface area (Å²) in [5.41, 5.74) is 4.39. The number of Topliss-reactive ketones (excluding diaryl/α,β-unsaturated/α-hetero) is 2. The monoisotopic (exact) mass is 573 g/mol. The highest BCUT2D eigenvalue weighted by atomic mass is 16.2. The molecule has 6 atom stereocenters. The van der Waals surface area contributed by atoms with E-state index in [0.717, 1.165) is 25.7 Å². The summed E-state index contributed by atoms with van der Waals surface area (Å²) >= 11 is 0. The number of fused-ring (bicyclic) bond motifs is 1. The first kappa shape index (κ1) is 31.0. The van der Waals surface area contributed by atoms with Crippen LogP contribution >= 0.6 is 0 Å². The van der Waals surface area contributed by atoms with Crippen LogP contribution in [0.15, 0.2) is 0 Å². The van der Waals surface area contributed by atoms with Gasteiger partial charge in [0.2, 0.25) is 17.6 Å². The zero-order valence-corrected chi connectivity index (χ0v) is 25.4. The molecule has 3 aliphatic carbocycles. The zero-order valence-electron chi connectivity index (χ0n) is 25.4. The number of rotatable bonds is 12. The maximum absolute atomic E-state index is 14.1. The highest BCUT2D eigenvalue weighted by Gasteiger charge is 2.70. The van der Waals surface area contributed by atoms with Gasteiger partial charge in [-0.15, -0.1) is 0 Å². The topological polar surface area (TPSA) is 168 Å². The van der Waals surface area contributed by atoms with Crippen molar-refractivity contribution in [1.29, 1.82) is 0 Å². The highest BCUT2D eigenvalue weighted by Crippen LogP contribution is 2.65. The third-order valence-electron chi connectivity index (χ3n) is 9.53. The second kappa shape index (κ2) is 11.0. The molecule has 5 N–H and O–H groups in total. The van der Waals surface area contributed by atoms with Crippen LogP contribution < -0.4 is 21.7 Å². The minimum atomic E-state index is -1.09. The molecular weight excluding hydrogens is 526 g/mol. The van der Waals surface area contributed by atoms with Gasteiger partial charge in [-0.05, 0) is 53.8 Å². The van der Waals surface area contributed by atoms with Gasteiger partial charge >= 0.3 is 6.03 Å². The van der Waals surface area contributed by atoms with Crippen LogP contribution in [0.4, 0.5) is 4.79 Å². The van der Waals surface area contributed by atoms with Crippen LogP contribution in [-0.2, 0) is 24.0 Å². The summed E-state index contributed by atoms with van der Waals surface area (Å²) < 4.78 is 0. The molecule has 1 saturated heterocycles. The van der Waals surface area contributed by atoms with Gasteiger partial charge in [0.1, 0.15) is 12.1 Å². The Morgan fingerprint density at radius 2 is 1.56 bits per heavy atom. The molecule has 4 aliphatic rings. The van der Waals surface area contributed by atoms with Gasteiger partial charge in [0.25, 0.3) is 5.91 Å². The third kappa shape index (κ3) is 6.59. The molecule has 3 saturated carbocycles. The van der Waals surface area contributed by atoms with Crippen molar-refractivity contribution in [1.82, 2.24) is 20.9 Å². The molecule has 0 spiro atoms. The molecule has 2 unspecified atom stereocenters. The van der Waals surface area contributed by atoms with Crippen LogP contribution in [0, 0.1) is 40.4 Å². The minimum Gasteiger partial charge on any atom is -0.363 e. The summed E-state index contributed by atoms with van der Waals surface area (Å²) in [5, 5.41) is 8.36. The van der Waals surface area contributed by atoms with Crippen LogP contribution in [0.25, 0.3) is 0 Å². The van der Waals surface area contributed by atoms with Crippen LogP contribution in [0.1, 0.15) is 80.6 Å². The molecule has 228 valence electrons. The first-order valence-corrected chi connectivity index (χ1v) is 15.0. The number of ketones is 2. The largest absolute Gasteiger partial charge is 0.363 e. The lowest BCUT2D eigenvalue weighted by atomic mass is 9.85. The van der Waals surface area contributed by atoms with Crippen molar-refractivity contribution in [3.63, 3.8) is 0 Å². The van der Waals surface area contributed by atoms with Gasteiger partial charge < -0.3 is 26.6 Å². The van der Waals surface area contributed by atoms with Gasteiger partial charge in [0.05, 0.1) is 12.1 Å². The predicted octanol–water partition coefficient (Wildman–Crippen LogP) is 1.53. The van der Waals surface area contributed by atoms with E-state index in [0.29, 0.717) is 13.0 Å². The van der Waals surface area contributed by atoms with E-state index in [-0.39, 0.29) is 40.8 Å². The maximum atomic E-state index is 14.1. The standard InChI is InChI=1S/C30H47N5O6/c1-14(2)20(22(36)16-10-11-16)33-28(41)34-24(29(3,4)5)27(40)35-13-17-19(30(17,6)7)21(35)26(39)32-18(12-15-8-9-15)23(37)25(31)38/h14-21,24H,8-13H2,1-7H3,(H2,31,38)(H,32,39)(H2,33,34,41)/t17-,18?,19?,20-,21-,24+/m0/s1. The fraction of sp³-hybridized carbons (Fsp3) is 0.800. The fourth-order valence-electron chi connectivity index (χ4n) is 6.48. The number of hydrogen-bond acceptors (Lipinski definition) is 6. The van der Waals surface area contributed by atoms with E-state index in [4.69, 9.17) is 5.73 Å². The Hall–Kier alpha value is -2.98. The maximum Gasteiger partial charge on any atom is 0.316 e. The number of hydrogen-bond donors (Lipinski definition) is 4. The lowest BCUT2D eigenvalue weighted by Gasteiger charge is -2.38. The molecule has 4 fully saturated rings. The number of nitrogens with two attached hydrogens (primary N) is 1. The van der Waals surface area contributed by atoms with Crippen LogP contribution in [0.2, 0.25) is 0 Å². The summed E-state index contributed by atoms with van der Waals surface area (Å²) in [5.74, 6) is -2.70. The molecule has 11 heteroatoms. The van der Waals surface area contributed by atoms with Gasteiger partial charge in [0, 0.05) is 12.5 Å². The van der Waals surface area contributed by atoms with Crippen molar-refractivity contribution < 1.29 is 28.8 Å². The van der Waals surface area contributed by atoms with E-state index >= 15 is 0 Å². The van der Waals surface area contributed by atoms with E-state index in [1.807, 2.05) is 34.6 Å². The molecule has 41 heavy (non-hydrogen) atoms. The van der Waals surface area contributed by atoms with Gasteiger partial charge in [-0.25, -0.2) is 4.79 Å². The first-order valence-electron chi connectivity index (χ1n) is 15.0. The summed E-state index contributed by atoms with van der Waals surface area (Å²) in [7, 11) is 0. The van der Waals surface area contributed by atoms with Crippen molar-refractivity contribution in [2.45, 2.75) is 105 Å². The lowest BCUT2D eigenvalue weighted by Crippen LogP contribution is -2.62. The Kier molecular flexibility index (Phi) is 8.32. The number of nitrogens with one attached hydrogen (secondary N) is 3. The van der Waals surface area contributed by atoms with Crippen molar-refractivity contribution in [3.05, 3.63) is 0 Å². The number of likely N-dealkylation sites (tertiary alicyclic amines) is 1.